The van der Waals surface area contributed by atoms with Gasteiger partial charge in [-0.3, -0.25) is 14.9 Å². The standard InChI is InChI=1S/C23H20FN5O3/c1-23(2)11-17-19(18(30)12-23)20(13-6-8-15(24)9-7-13)28-22(25-17)26-21(27-28)14-4-3-5-16(10-14)29(31)32/h3-10,20H,11-12H2,1-2H3,(H,25,26,27). The predicted molar refractivity (Wildman–Crippen MR) is 115 cm³/mol. The second kappa shape index (κ2) is 7.08. The molecule has 1 aliphatic heterocycles. The third kappa shape index (κ3) is 3.35. The number of non-ortho nitro benzene ring substituents is 1. The van der Waals surface area contributed by atoms with Gasteiger partial charge in [-0.05, 0) is 29.5 Å². The summed E-state index contributed by atoms with van der Waals surface area (Å²) in [7, 11) is 0. The molecule has 2 aromatic carbocycles. The van der Waals surface area contributed by atoms with Gasteiger partial charge in [0.1, 0.15) is 11.9 Å². The van der Waals surface area contributed by atoms with Crippen molar-refractivity contribution in [2.75, 3.05) is 5.32 Å². The minimum absolute atomic E-state index is 0.0103. The van der Waals surface area contributed by atoms with Gasteiger partial charge in [-0.15, -0.1) is 5.10 Å². The topological polar surface area (TPSA) is 103 Å². The summed E-state index contributed by atoms with van der Waals surface area (Å²) in [6.07, 6.45) is 1.05. The van der Waals surface area contributed by atoms with Crippen molar-refractivity contribution in [3.8, 4) is 11.4 Å². The zero-order valence-corrected chi connectivity index (χ0v) is 17.5. The lowest BCUT2D eigenvalue weighted by Gasteiger charge is -2.38. The molecule has 0 radical (unpaired) electrons. The van der Waals surface area contributed by atoms with Crippen molar-refractivity contribution in [1.29, 1.82) is 0 Å². The van der Waals surface area contributed by atoms with Crippen LogP contribution < -0.4 is 5.32 Å². The van der Waals surface area contributed by atoms with Gasteiger partial charge >= 0.3 is 0 Å². The lowest BCUT2D eigenvalue weighted by Crippen LogP contribution is -2.36. The predicted octanol–water partition coefficient (Wildman–Crippen LogP) is 4.65. The summed E-state index contributed by atoms with van der Waals surface area (Å²) >= 11 is 0. The van der Waals surface area contributed by atoms with Crippen molar-refractivity contribution >= 4 is 17.4 Å². The fraction of sp³-hybridized carbons (Fsp3) is 0.261. The van der Waals surface area contributed by atoms with Crippen LogP contribution in [0.5, 0.6) is 0 Å². The molecular formula is C23H20FN5O3. The number of nitrogens with zero attached hydrogens (tertiary/aromatic N) is 4. The molecule has 0 spiro atoms. The fourth-order valence-corrected chi connectivity index (χ4v) is 4.44. The zero-order valence-electron chi connectivity index (χ0n) is 17.5. The summed E-state index contributed by atoms with van der Waals surface area (Å²) in [5.74, 6) is 0.375. The highest BCUT2D eigenvalue weighted by Gasteiger charge is 2.41. The molecule has 3 aromatic rings. The van der Waals surface area contributed by atoms with E-state index in [2.05, 4.69) is 15.4 Å². The van der Waals surface area contributed by atoms with Crippen molar-refractivity contribution in [2.24, 2.45) is 5.41 Å². The maximum absolute atomic E-state index is 13.6. The van der Waals surface area contributed by atoms with E-state index < -0.39 is 11.0 Å². The van der Waals surface area contributed by atoms with Crippen LogP contribution in [0.1, 0.15) is 38.3 Å². The Labute approximate surface area is 182 Å². The Morgan fingerprint density at radius 3 is 2.66 bits per heavy atom. The average molecular weight is 433 g/mol. The van der Waals surface area contributed by atoms with Gasteiger partial charge < -0.3 is 5.32 Å². The lowest BCUT2D eigenvalue weighted by molar-refractivity contribution is -0.384. The van der Waals surface area contributed by atoms with Crippen molar-refractivity contribution < 1.29 is 14.1 Å². The Morgan fingerprint density at radius 1 is 1.19 bits per heavy atom. The normalized spacial score (nSPS) is 19.2. The zero-order chi connectivity index (χ0) is 22.6. The largest absolute Gasteiger partial charge is 0.328 e. The van der Waals surface area contributed by atoms with Crippen molar-refractivity contribution in [3.05, 3.63) is 81.3 Å². The number of ketones is 1. The number of nitrogens with one attached hydrogen (secondary N) is 1. The number of Topliss-reactive ketones (excluding diaryl/α,β-unsaturated/α-hetero) is 1. The van der Waals surface area contributed by atoms with E-state index in [0.717, 1.165) is 5.70 Å². The molecule has 1 unspecified atom stereocenters. The Balaban J connectivity index is 1.66. The number of fused-ring (bicyclic) bond motifs is 1. The first-order valence-electron chi connectivity index (χ1n) is 10.2. The number of hydrogen-bond donors (Lipinski definition) is 1. The van der Waals surface area contributed by atoms with E-state index in [0.29, 0.717) is 41.3 Å². The number of carbonyl (C=O) groups is 1. The number of anilines is 1. The fourth-order valence-electron chi connectivity index (χ4n) is 4.44. The van der Waals surface area contributed by atoms with Crippen molar-refractivity contribution in [2.45, 2.75) is 32.7 Å². The van der Waals surface area contributed by atoms with Crippen molar-refractivity contribution in [1.82, 2.24) is 14.8 Å². The molecule has 1 aromatic heterocycles. The maximum Gasteiger partial charge on any atom is 0.270 e. The molecule has 5 rings (SSSR count). The van der Waals surface area contributed by atoms with E-state index in [1.165, 1.54) is 24.3 Å². The lowest BCUT2D eigenvalue weighted by atomic mass is 9.73. The first-order chi connectivity index (χ1) is 15.2. The molecule has 2 heterocycles. The Morgan fingerprint density at radius 2 is 1.94 bits per heavy atom. The van der Waals surface area contributed by atoms with Crippen LogP contribution in [-0.4, -0.2) is 25.5 Å². The number of aromatic nitrogens is 3. The molecule has 32 heavy (non-hydrogen) atoms. The smallest absolute Gasteiger partial charge is 0.270 e. The van der Waals surface area contributed by atoms with Gasteiger partial charge in [-0.2, -0.15) is 4.98 Å². The summed E-state index contributed by atoms with van der Waals surface area (Å²) in [6, 6.07) is 11.5. The minimum Gasteiger partial charge on any atom is -0.328 e. The number of nitro benzene ring substituents is 1. The second-order valence-electron chi connectivity index (χ2n) is 8.92. The highest BCUT2D eigenvalue weighted by Crippen LogP contribution is 2.45. The van der Waals surface area contributed by atoms with Gasteiger partial charge in [-0.1, -0.05) is 38.1 Å². The summed E-state index contributed by atoms with van der Waals surface area (Å²) in [6.45, 7) is 4.08. The highest BCUT2D eigenvalue weighted by molar-refractivity contribution is 6.00. The molecule has 0 saturated heterocycles. The Hall–Kier alpha value is -3.88. The molecule has 0 fully saturated rings. The summed E-state index contributed by atoms with van der Waals surface area (Å²) in [4.78, 5) is 28.5. The number of benzene rings is 2. The van der Waals surface area contributed by atoms with Gasteiger partial charge in [0.15, 0.2) is 11.6 Å². The highest BCUT2D eigenvalue weighted by atomic mass is 19.1. The third-order valence-corrected chi connectivity index (χ3v) is 5.83. The van der Waals surface area contributed by atoms with Crippen LogP contribution in [0, 0.1) is 21.3 Å². The molecule has 0 amide bonds. The number of nitro groups is 1. The first kappa shape index (κ1) is 20.0. The van der Waals surface area contributed by atoms with Gasteiger partial charge in [0, 0.05) is 35.4 Å². The second-order valence-corrected chi connectivity index (χ2v) is 8.92. The van der Waals surface area contributed by atoms with Crippen LogP contribution in [0.3, 0.4) is 0 Å². The maximum atomic E-state index is 13.6. The average Bonchev–Trinajstić information content (AvgIpc) is 3.16. The molecule has 1 N–H and O–H groups in total. The van der Waals surface area contributed by atoms with Gasteiger partial charge in [0.05, 0.1) is 4.92 Å². The van der Waals surface area contributed by atoms with Crippen LogP contribution in [0.25, 0.3) is 11.4 Å². The van der Waals surface area contributed by atoms with E-state index in [1.807, 2.05) is 13.8 Å². The number of halogens is 1. The van der Waals surface area contributed by atoms with Gasteiger partial charge in [0.2, 0.25) is 5.95 Å². The quantitative estimate of drug-likeness (QED) is 0.476. The number of allylic oxidation sites excluding steroid dienone is 2. The number of carbonyl (C=O) groups excluding carboxylic acids is 1. The number of hydrogen-bond acceptors (Lipinski definition) is 6. The van der Waals surface area contributed by atoms with Crippen LogP contribution in [0.4, 0.5) is 16.0 Å². The van der Waals surface area contributed by atoms with Gasteiger partial charge in [-0.25, -0.2) is 9.07 Å². The van der Waals surface area contributed by atoms with Gasteiger partial charge in [0.25, 0.3) is 5.69 Å². The molecule has 8 nitrogen and oxygen atoms in total. The molecule has 1 atom stereocenters. The van der Waals surface area contributed by atoms with Crippen LogP contribution in [0.15, 0.2) is 59.8 Å². The van der Waals surface area contributed by atoms with Crippen LogP contribution in [-0.2, 0) is 4.79 Å². The molecule has 162 valence electrons. The Bertz CT molecular complexity index is 1290. The molecule has 0 saturated carbocycles. The number of rotatable bonds is 3. The van der Waals surface area contributed by atoms with E-state index in [9.17, 15) is 19.3 Å². The first-order valence-corrected chi connectivity index (χ1v) is 10.2. The molecule has 0 bridgehead atoms. The van der Waals surface area contributed by atoms with Crippen molar-refractivity contribution in [3.63, 3.8) is 0 Å². The Kier molecular flexibility index (Phi) is 4.44. The molecule has 9 heteroatoms. The van der Waals surface area contributed by atoms with E-state index >= 15 is 0 Å². The summed E-state index contributed by atoms with van der Waals surface area (Å²) in [5.41, 5.74) is 2.31. The van der Waals surface area contributed by atoms with E-state index in [-0.39, 0.29) is 22.7 Å². The summed E-state index contributed by atoms with van der Waals surface area (Å²) in [5, 5.41) is 19.1. The molecular weight excluding hydrogens is 413 g/mol. The molecule has 1 aliphatic carbocycles. The van der Waals surface area contributed by atoms with Crippen LogP contribution in [0.2, 0.25) is 0 Å². The minimum atomic E-state index is -0.564. The SMILES string of the molecule is CC1(C)CC(=O)C2=C(C1)Nc1nc(-c3cccc([N+](=O)[O-])c3)nn1C2c1ccc(F)cc1. The third-order valence-electron chi connectivity index (χ3n) is 5.83. The molecule has 2 aliphatic rings. The van der Waals surface area contributed by atoms with Crippen LogP contribution >= 0.6 is 0 Å². The summed E-state index contributed by atoms with van der Waals surface area (Å²) < 4.78 is 15.2. The monoisotopic (exact) mass is 433 g/mol. The van der Waals surface area contributed by atoms with E-state index in [4.69, 9.17) is 0 Å². The van der Waals surface area contributed by atoms with E-state index in [1.54, 1.807) is 28.9 Å².